The Morgan fingerprint density at radius 1 is 1.35 bits per heavy atom. The molecule has 2 aromatic rings. The molecule has 1 saturated heterocycles. The van der Waals surface area contributed by atoms with E-state index < -0.39 is 5.97 Å². The Morgan fingerprint density at radius 2 is 2.15 bits per heavy atom. The first-order chi connectivity index (χ1) is 9.75. The fourth-order valence-electron chi connectivity index (χ4n) is 2.38. The van der Waals surface area contributed by atoms with Gasteiger partial charge in [-0.2, -0.15) is 0 Å². The van der Waals surface area contributed by atoms with Crippen molar-refractivity contribution in [1.29, 1.82) is 0 Å². The molecule has 2 heterocycles. The number of benzene rings is 1. The number of carboxylic acid groups (broad SMARTS) is 1. The highest BCUT2D eigenvalue weighted by Gasteiger charge is 2.25. The maximum absolute atomic E-state index is 11.4. The highest BCUT2D eigenvalue weighted by Crippen LogP contribution is 2.36. The molecule has 0 aliphatic carbocycles. The molecule has 3 rings (SSSR count). The van der Waals surface area contributed by atoms with Gasteiger partial charge >= 0.3 is 5.97 Å². The van der Waals surface area contributed by atoms with Crippen LogP contribution in [0.15, 0.2) is 30.3 Å². The van der Waals surface area contributed by atoms with Crippen LogP contribution < -0.4 is 0 Å². The summed E-state index contributed by atoms with van der Waals surface area (Å²) in [5.74, 6) is -0.743. The second kappa shape index (κ2) is 5.73. The Kier molecular flexibility index (Phi) is 3.80. The predicted molar refractivity (Wildman–Crippen MR) is 77.3 cm³/mol. The molecule has 1 N–H and O–H groups in total. The van der Waals surface area contributed by atoms with Crippen LogP contribution in [0.1, 0.15) is 34.3 Å². The van der Waals surface area contributed by atoms with Gasteiger partial charge in [0.25, 0.3) is 0 Å². The monoisotopic (exact) mass is 289 g/mol. The van der Waals surface area contributed by atoms with Gasteiger partial charge < -0.3 is 9.84 Å². The number of rotatable bonds is 3. The summed E-state index contributed by atoms with van der Waals surface area (Å²) < 4.78 is 5.47. The molecule has 20 heavy (non-hydrogen) atoms. The van der Waals surface area contributed by atoms with Crippen molar-refractivity contribution >= 4 is 17.3 Å². The molecule has 0 amide bonds. The number of thiazole rings is 1. The molecule has 1 aliphatic heterocycles. The molecular formula is C15H15NO3S. The van der Waals surface area contributed by atoms with Crippen molar-refractivity contribution in [2.24, 2.45) is 0 Å². The number of carboxylic acids is 1. The molecule has 0 radical (unpaired) electrons. The second-order valence-corrected chi connectivity index (χ2v) is 5.85. The normalized spacial score (nSPS) is 18.9. The number of hydrogen-bond donors (Lipinski definition) is 1. The molecule has 0 spiro atoms. The summed E-state index contributed by atoms with van der Waals surface area (Å²) in [5.41, 5.74) is 1.06. The first-order valence-corrected chi connectivity index (χ1v) is 7.44. The Hall–Kier alpha value is -1.72. The van der Waals surface area contributed by atoms with E-state index in [2.05, 4.69) is 4.98 Å². The van der Waals surface area contributed by atoms with Gasteiger partial charge in [0, 0.05) is 12.5 Å². The van der Waals surface area contributed by atoms with Gasteiger partial charge in [-0.1, -0.05) is 30.3 Å². The summed E-state index contributed by atoms with van der Waals surface area (Å²) in [6.07, 6.45) is 2.02. The minimum atomic E-state index is -0.969. The average molecular weight is 289 g/mol. The van der Waals surface area contributed by atoms with E-state index in [1.54, 1.807) is 0 Å². The Bertz CT molecular complexity index is 603. The minimum absolute atomic E-state index is 0.154. The zero-order chi connectivity index (χ0) is 13.9. The van der Waals surface area contributed by atoms with Gasteiger partial charge in [0.1, 0.15) is 0 Å². The third kappa shape index (κ3) is 2.59. The Labute approximate surface area is 121 Å². The van der Waals surface area contributed by atoms with Crippen LogP contribution in [0, 0.1) is 0 Å². The van der Waals surface area contributed by atoms with Crippen LogP contribution in [0.4, 0.5) is 0 Å². The van der Waals surface area contributed by atoms with Crippen LogP contribution in [-0.4, -0.2) is 29.3 Å². The fourth-order valence-corrected chi connectivity index (χ4v) is 3.56. The van der Waals surface area contributed by atoms with E-state index in [4.69, 9.17) is 4.74 Å². The maximum atomic E-state index is 11.4. The van der Waals surface area contributed by atoms with Gasteiger partial charge in [-0.3, -0.25) is 0 Å². The van der Waals surface area contributed by atoms with Crippen LogP contribution in [-0.2, 0) is 4.74 Å². The standard InChI is InChI=1S/C15H15NO3S/c17-15(18)12-13(10-5-2-1-3-6-10)20-14(16-12)11-7-4-8-19-9-11/h1-3,5-6,11H,4,7-9H2,(H,17,18). The summed E-state index contributed by atoms with van der Waals surface area (Å²) in [6, 6.07) is 9.57. The van der Waals surface area contributed by atoms with Crippen molar-refractivity contribution in [3.63, 3.8) is 0 Å². The molecule has 1 fully saturated rings. The first kappa shape index (κ1) is 13.3. The average Bonchev–Trinajstić information content (AvgIpc) is 2.94. The largest absolute Gasteiger partial charge is 0.476 e. The van der Waals surface area contributed by atoms with Crippen LogP contribution in [0.25, 0.3) is 10.4 Å². The third-order valence-electron chi connectivity index (χ3n) is 3.39. The Morgan fingerprint density at radius 3 is 2.80 bits per heavy atom. The van der Waals surface area contributed by atoms with Gasteiger partial charge in [-0.05, 0) is 18.4 Å². The molecular weight excluding hydrogens is 274 g/mol. The van der Waals surface area contributed by atoms with Crippen molar-refractivity contribution < 1.29 is 14.6 Å². The first-order valence-electron chi connectivity index (χ1n) is 6.63. The lowest BCUT2D eigenvalue weighted by Gasteiger charge is -2.19. The molecule has 1 aliphatic rings. The van der Waals surface area contributed by atoms with Crippen LogP contribution in [0.3, 0.4) is 0 Å². The molecule has 5 heteroatoms. The van der Waals surface area contributed by atoms with Crippen LogP contribution in [0.5, 0.6) is 0 Å². The summed E-state index contributed by atoms with van der Waals surface area (Å²) in [5, 5.41) is 10.2. The van der Waals surface area contributed by atoms with E-state index in [0.29, 0.717) is 6.61 Å². The molecule has 104 valence electrons. The number of aromatic carboxylic acids is 1. The lowest BCUT2D eigenvalue weighted by molar-refractivity contribution is 0.0688. The number of ether oxygens (including phenoxy) is 1. The number of nitrogens with zero attached hydrogens (tertiary/aromatic N) is 1. The fraction of sp³-hybridized carbons (Fsp3) is 0.333. The zero-order valence-electron chi connectivity index (χ0n) is 10.9. The Balaban J connectivity index is 2.00. The van der Waals surface area contributed by atoms with E-state index in [9.17, 15) is 9.90 Å². The van der Waals surface area contributed by atoms with Crippen molar-refractivity contribution in [3.05, 3.63) is 41.0 Å². The zero-order valence-corrected chi connectivity index (χ0v) is 11.7. The van der Waals surface area contributed by atoms with Gasteiger partial charge in [-0.15, -0.1) is 11.3 Å². The van der Waals surface area contributed by atoms with E-state index in [1.807, 2.05) is 30.3 Å². The lowest BCUT2D eigenvalue weighted by atomic mass is 10.0. The van der Waals surface area contributed by atoms with Crippen molar-refractivity contribution in [3.8, 4) is 10.4 Å². The summed E-state index contributed by atoms with van der Waals surface area (Å²) >= 11 is 1.48. The molecule has 1 atom stereocenters. The molecule has 1 aromatic heterocycles. The number of hydrogen-bond acceptors (Lipinski definition) is 4. The quantitative estimate of drug-likeness (QED) is 0.940. The smallest absolute Gasteiger partial charge is 0.356 e. The van der Waals surface area contributed by atoms with E-state index in [-0.39, 0.29) is 11.6 Å². The van der Waals surface area contributed by atoms with E-state index in [0.717, 1.165) is 34.9 Å². The molecule has 0 saturated carbocycles. The molecule has 1 aromatic carbocycles. The number of aromatic nitrogens is 1. The highest BCUT2D eigenvalue weighted by molar-refractivity contribution is 7.15. The number of carbonyl (C=O) groups is 1. The molecule has 0 bridgehead atoms. The van der Waals surface area contributed by atoms with Gasteiger partial charge in [-0.25, -0.2) is 9.78 Å². The van der Waals surface area contributed by atoms with Crippen LogP contribution in [0.2, 0.25) is 0 Å². The summed E-state index contributed by atoms with van der Waals surface area (Å²) in [6.45, 7) is 1.43. The second-order valence-electron chi connectivity index (χ2n) is 4.82. The summed E-state index contributed by atoms with van der Waals surface area (Å²) in [4.78, 5) is 16.5. The topological polar surface area (TPSA) is 59.4 Å². The van der Waals surface area contributed by atoms with Crippen molar-refractivity contribution in [2.75, 3.05) is 13.2 Å². The van der Waals surface area contributed by atoms with Crippen molar-refractivity contribution in [1.82, 2.24) is 4.98 Å². The predicted octanol–water partition coefficient (Wildman–Crippen LogP) is 3.40. The van der Waals surface area contributed by atoms with Crippen molar-refractivity contribution in [2.45, 2.75) is 18.8 Å². The lowest BCUT2D eigenvalue weighted by Crippen LogP contribution is -2.15. The third-order valence-corrected chi connectivity index (χ3v) is 4.66. The maximum Gasteiger partial charge on any atom is 0.356 e. The highest BCUT2D eigenvalue weighted by atomic mass is 32.1. The molecule has 1 unspecified atom stereocenters. The van der Waals surface area contributed by atoms with Gasteiger partial charge in [0.05, 0.1) is 16.5 Å². The minimum Gasteiger partial charge on any atom is -0.476 e. The SMILES string of the molecule is O=C(O)c1nc(C2CCCOC2)sc1-c1ccccc1. The molecule has 4 nitrogen and oxygen atoms in total. The van der Waals surface area contributed by atoms with Gasteiger partial charge in [0.2, 0.25) is 0 Å². The van der Waals surface area contributed by atoms with Crippen LogP contribution >= 0.6 is 11.3 Å². The summed E-state index contributed by atoms with van der Waals surface area (Å²) in [7, 11) is 0. The van der Waals surface area contributed by atoms with E-state index in [1.165, 1.54) is 11.3 Å². The van der Waals surface area contributed by atoms with Gasteiger partial charge in [0.15, 0.2) is 5.69 Å². The van der Waals surface area contributed by atoms with E-state index >= 15 is 0 Å².